The third-order valence-corrected chi connectivity index (χ3v) is 3.04. The molecule has 0 spiro atoms. The fourth-order valence-electron chi connectivity index (χ4n) is 2.21. The van der Waals surface area contributed by atoms with Gasteiger partial charge >= 0.3 is 0 Å². The third-order valence-electron chi connectivity index (χ3n) is 3.04. The van der Waals surface area contributed by atoms with Crippen LogP contribution in [-0.4, -0.2) is 20.9 Å². The van der Waals surface area contributed by atoms with Crippen molar-refractivity contribution < 1.29 is 5.11 Å². The van der Waals surface area contributed by atoms with E-state index in [0.717, 1.165) is 17.7 Å². The van der Waals surface area contributed by atoms with Gasteiger partial charge in [-0.25, -0.2) is 0 Å². The van der Waals surface area contributed by atoms with Gasteiger partial charge in [0.1, 0.15) is 0 Å². The first-order valence-corrected chi connectivity index (χ1v) is 6.60. The minimum atomic E-state index is -0.643. The van der Waals surface area contributed by atoms with Gasteiger partial charge in [0.2, 0.25) is 0 Å². The van der Waals surface area contributed by atoms with E-state index in [-0.39, 0.29) is 11.5 Å². The number of aliphatic hydroxyl groups is 1. The van der Waals surface area contributed by atoms with E-state index in [2.05, 4.69) is 39.7 Å². The second-order valence-corrected chi connectivity index (χ2v) is 6.59. The molecule has 104 valence electrons. The number of nitrogens with two attached hydrogens (primary N) is 1. The van der Waals surface area contributed by atoms with Gasteiger partial charge < -0.3 is 10.8 Å². The molecule has 0 aliphatic carbocycles. The van der Waals surface area contributed by atoms with Crippen LogP contribution in [0.5, 0.6) is 0 Å². The van der Waals surface area contributed by atoms with Gasteiger partial charge in [-0.15, -0.1) is 0 Å². The van der Waals surface area contributed by atoms with Crippen LogP contribution in [-0.2, 0) is 12.5 Å². The maximum atomic E-state index is 10.4. The topological polar surface area (TPSA) is 64.1 Å². The van der Waals surface area contributed by atoms with Gasteiger partial charge in [-0.3, -0.25) is 4.68 Å². The van der Waals surface area contributed by atoms with Crippen LogP contribution in [0.4, 0.5) is 0 Å². The first kappa shape index (κ1) is 15.2. The lowest BCUT2D eigenvalue weighted by atomic mass is 9.86. The van der Waals surface area contributed by atoms with Crippen molar-refractivity contribution in [3.05, 3.63) is 17.5 Å². The summed E-state index contributed by atoms with van der Waals surface area (Å²) in [6, 6.07) is -0.240. The predicted octanol–water partition coefficient (Wildman–Crippen LogP) is 2.12. The summed E-state index contributed by atoms with van der Waals surface area (Å²) < 4.78 is 1.75. The fourth-order valence-corrected chi connectivity index (χ4v) is 2.21. The molecule has 2 atom stereocenters. The molecule has 2 unspecified atom stereocenters. The number of nitrogens with zero attached hydrogens (tertiary/aromatic N) is 2. The maximum Gasteiger partial charge on any atom is 0.0974 e. The van der Waals surface area contributed by atoms with Crippen LogP contribution in [0.15, 0.2) is 6.20 Å². The first-order valence-electron chi connectivity index (χ1n) is 6.60. The second kappa shape index (κ2) is 5.41. The van der Waals surface area contributed by atoms with Crippen LogP contribution >= 0.6 is 0 Å². The van der Waals surface area contributed by atoms with E-state index in [1.54, 1.807) is 4.68 Å². The average Bonchev–Trinajstić information content (AvgIpc) is 2.57. The summed E-state index contributed by atoms with van der Waals surface area (Å²) in [4.78, 5) is 0. The van der Waals surface area contributed by atoms with Crippen molar-refractivity contribution in [1.82, 2.24) is 9.78 Å². The zero-order valence-electron chi connectivity index (χ0n) is 12.4. The molecule has 1 aromatic rings. The van der Waals surface area contributed by atoms with Gasteiger partial charge in [0.05, 0.1) is 11.8 Å². The van der Waals surface area contributed by atoms with E-state index in [1.165, 1.54) is 0 Å². The van der Waals surface area contributed by atoms with Crippen molar-refractivity contribution in [1.29, 1.82) is 0 Å². The molecular formula is C14H27N3O. The molecule has 1 rings (SSSR count). The smallest absolute Gasteiger partial charge is 0.0974 e. The molecule has 1 aromatic heterocycles. The molecule has 0 saturated heterocycles. The summed E-state index contributed by atoms with van der Waals surface area (Å²) >= 11 is 0. The molecule has 0 aliphatic heterocycles. The molecule has 1 heterocycles. The Morgan fingerprint density at radius 2 is 1.94 bits per heavy atom. The summed E-state index contributed by atoms with van der Waals surface area (Å²) in [6.45, 7) is 10.5. The Kier molecular flexibility index (Phi) is 4.56. The second-order valence-electron chi connectivity index (χ2n) is 6.59. The Morgan fingerprint density at radius 1 is 1.39 bits per heavy atom. The predicted molar refractivity (Wildman–Crippen MR) is 74.3 cm³/mol. The summed E-state index contributed by atoms with van der Waals surface area (Å²) in [7, 11) is 1.87. The normalized spacial score (nSPS) is 16.1. The molecule has 0 saturated carbocycles. The fraction of sp³-hybridized carbons (Fsp3) is 0.786. The molecule has 0 bridgehead atoms. The van der Waals surface area contributed by atoms with Crippen molar-refractivity contribution in [3.8, 4) is 0 Å². The molecule has 0 fully saturated rings. The molecule has 3 N–H and O–H groups in total. The van der Waals surface area contributed by atoms with Crippen molar-refractivity contribution >= 4 is 0 Å². The van der Waals surface area contributed by atoms with Gasteiger partial charge in [-0.1, -0.05) is 34.6 Å². The molecule has 4 heteroatoms. The Bertz CT molecular complexity index is 390. The zero-order chi connectivity index (χ0) is 14.1. The Morgan fingerprint density at radius 3 is 2.39 bits per heavy atom. The first-order chi connectivity index (χ1) is 8.12. The Balaban J connectivity index is 3.02. The summed E-state index contributed by atoms with van der Waals surface area (Å²) in [5.74, 6) is 0.476. The Hall–Kier alpha value is -0.870. The highest BCUT2D eigenvalue weighted by Crippen LogP contribution is 2.30. The SMILES string of the molecule is CC(C)CC(N)C(O)c1cn(C)nc1C(C)(C)C. The van der Waals surface area contributed by atoms with Crippen molar-refractivity contribution in [2.75, 3.05) is 0 Å². The average molecular weight is 253 g/mol. The third kappa shape index (κ3) is 3.56. The number of aromatic nitrogens is 2. The largest absolute Gasteiger partial charge is 0.387 e. The molecular weight excluding hydrogens is 226 g/mol. The number of hydrogen-bond acceptors (Lipinski definition) is 3. The number of aliphatic hydroxyl groups excluding tert-OH is 1. The lowest BCUT2D eigenvalue weighted by molar-refractivity contribution is 0.134. The highest BCUT2D eigenvalue weighted by atomic mass is 16.3. The summed E-state index contributed by atoms with van der Waals surface area (Å²) in [5, 5.41) is 14.9. The van der Waals surface area contributed by atoms with Crippen molar-refractivity contribution in [2.45, 2.75) is 58.6 Å². The van der Waals surface area contributed by atoms with E-state index in [0.29, 0.717) is 5.92 Å². The molecule has 18 heavy (non-hydrogen) atoms. The van der Waals surface area contributed by atoms with Gasteiger partial charge in [-0.05, 0) is 12.3 Å². The summed E-state index contributed by atoms with van der Waals surface area (Å²) in [6.07, 6.45) is 2.04. The summed E-state index contributed by atoms with van der Waals surface area (Å²) in [5.41, 5.74) is 7.78. The standard InChI is InChI=1S/C14H27N3O/c1-9(2)7-11(15)12(18)10-8-17(6)16-13(10)14(3,4)5/h8-9,11-12,18H,7,15H2,1-6H3. The van der Waals surface area contributed by atoms with Crippen molar-refractivity contribution in [3.63, 3.8) is 0 Å². The van der Waals surface area contributed by atoms with E-state index in [4.69, 9.17) is 5.73 Å². The van der Waals surface area contributed by atoms with E-state index < -0.39 is 6.10 Å². The van der Waals surface area contributed by atoms with Crippen LogP contribution in [0.1, 0.15) is 58.4 Å². The molecule has 4 nitrogen and oxygen atoms in total. The number of rotatable bonds is 4. The minimum Gasteiger partial charge on any atom is -0.387 e. The van der Waals surface area contributed by atoms with Crippen LogP contribution in [0.2, 0.25) is 0 Å². The molecule has 0 aromatic carbocycles. The highest BCUT2D eigenvalue weighted by Gasteiger charge is 2.28. The van der Waals surface area contributed by atoms with Gasteiger partial charge in [0.25, 0.3) is 0 Å². The van der Waals surface area contributed by atoms with Crippen molar-refractivity contribution in [2.24, 2.45) is 18.7 Å². The van der Waals surface area contributed by atoms with Crippen LogP contribution < -0.4 is 5.73 Å². The molecule has 0 radical (unpaired) electrons. The lowest BCUT2D eigenvalue weighted by Crippen LogP contribution is -2.31. The molecule has 0 amide bonds. The lowest BCUT2D eigenvalue weighted by Gasteiger charge is -2.24. The monoisotopic (exact) mass is 253 g/mol. The maximum absolute atomic E-state index is 10.4. The van der Waals surface area contributed by atoms with E-state index >= 15 is 0 Å². The van der Waals surface area contributed by atoms with Gasteiger partial charge in [0.15, 0.2) is 0 Å². The Labute approximate surface area is 110 Å². The van der Waals surface area contributed by atoms with Gasteiger partial charge in [-0.2, -0.15) is 5.10 Å². The van der Waals surface area contributed by atoms with Gasteiger partial charge in [0, 0.05) is 30.3 Å². The van der Waals surface area contributed by atoms with Crippen LogP contribution in [0.25, 0.3) is 0 Å². The van der Waals surface area contributed by atoms with Crippen LogP contribution in [0, 0.1) is 5.92 Å². The van der Waals surface area contributed by atoms with E-state index in [9.17, 15) is 5.11 Å². The number of hydrogen-bond donors (Lipinski definition) is 2. The quantitative estimate of drug-likeness (QED) is 0.864. The number of aryl methyl sites for hydroxylation is 1. The minimum absolute atomic E-state index is 0.0882. The zero-order valence-corrected chi connectivity index (χ0v) is 12.4. The highest BCUT2D eigenvalue weighted by molar-refractivity contribution is 5.27. The van der Waals surface area contributed by atoms with E-state index in [1.807, 2.05) is 13.2 Å². The van der Waals surface area contributed by atoms with Crippen LogP contribution in [0.3, 0.4) is 0 Å². The molecule has 0 aliphatic rings.